The maximum Gasteiger partial charge on any atom is 0.569 e. The highest BCUT2D eigenvalue weighted by atomic mass is 16.5. The van der Waals surface area contributed by atoms with Crippen molar-refractivity contribution in [2.75, 3.05) is 4.90 Å². The van der Waals surface area contributed by atoms with Gasteiger partial charge in [-0.2, -0.15) is 0 Å². The van der Waals surface area contributed by atoms with Gasteiger partial charge in [-0.1, -0.05) is 152 Å². The standard InChI is InChI=1S/C46H33BNO2/c49-47-50-46-31-39(34-14-6-2-7-15-34)24-29-45(46)48(41-25-22-36(23-26-41)33-12-4-1-5-13-33)42-27-28-43(44(32-42)37-17-8-3-9-18-37)40-21-20-35-16-10-11-19-38(35)30-40/h1-32,49H. The molecule has 50 heavy (non-hydrogen) atoms. The molecule has 3 nitrogen and oxygen atoms in total. The molecule has 237 valence electrons. The van der Waals surface area contributed by atoms with Crippen LogP contribution in [0.5, 0.6) is 5.75 Å². The highest BCUT2D eigenvalue weighted by molar-refractivity contribution is 6.17. The lowest BCUT2D eigenvalue weighted by Crippen LogP contribution is -2.13. The van der Waals surface area contributed by atoms with Crippen LogP contribution in [0.2, 0.25) is 0 Å². The van der Waals surface area contributed by atoms with Gasteiger partial charge in [0.15, 0.2) is 0 Å². The van der Waals surface area contributed by atoms with Gasteiger partial charge in [0.2, 0.25) is 0 Å². The first-order chi connectivity index (χ1) is 24.7. The van der Waals surface area contributed by atoms with E-state index in [1.54, 1.807) is 0 Å². The zero-order valence-electron chi connectivity index (χ0n) is 27.4. The van der Waals surface area contributed by atoms with Crippen LogP contribution < -0.4 is 9.55 Å². The summed E-state index contributed by atoms with van der Waals surface area (Å²) in [6.45, 7) is 0. The van der Waals surface area contributed by atoms with Gasteiger partial charge in [0.05, 0.1) is 5.69 Å². The Kier molecular flexibility index (Phi) is 8.67. The van der Waals surface area contributed by atoms with Crippen molar-refractivity contribution < 1.29 is 9.68 Å². The van der Waals surface area contributed by atoms with Crippen LogP contribution in [0.1, 0.15) is 0 Å². The molecule has 8 aromatic carbocycles. The van der Waals surface area contributed by atoms with Crippen LogP contribution in [-0.2, 0) is 0 Å². The molecule has 0 aliphatic rings. The van der Waals surface area contributed by atoms with Crippen molar-refractivity contribution >= 4 is 35.5 Å². The molecule has 0 amide bonds. The fourth-order valence-electron chi connectivity index (χ4n) is 6.66. The van der Waals surface area contributed by atoms with Crippen molar-refractivity contribution in [3.63, 3.8) is 0 Å². The summed E-state index contributed by atoms with van der Waals surface area (Å²) in [6, 6.07) is 67.6. The fraction of sp³-hybridized carbons (Fsp3) is 0. The largest absolute Gasteiger partial charge is 0.569 e. The van der Waals surface area contributed by atoms with E-state index in [1.807, 2.05) is 36.4 Å². The van der Waals surface area contributed by atoms with E-state index in [0.29, 0.717) is 5.75 Å². The van der Waals surface area contributed by atoms with Gasteiger partial charge in [-0.05, 0) is 97.7 Å². The van der Waals surface area contributed by atoms with Crippen LogP contribution in [-0.4, -0.2) is 12.7 Å². The van der Waals surface area contributed by atoms with Crippen molar-refractivity contribution in [1.29, 1.82) is 0 Å². The maximum absolute atomic E-state index is 9.96. The highest BCUT2D eigenvalue weighted by Gasteiger charge is 2.21. The van der Waals surface area contributed by atoms with Crippen molar-refractivity contribution in [3.05, 3.63) is 194 Å². The van der Waals surface area contributed by atoms with Gasteiger partial charge in [0.1, 0.15) is 5.75 Å². The molecular formula is C46H33BNO2. The lowest BCUT2D eigenvalue weighted by Gasteiger charge is -2.29. The predicted octanol–water partition coefficient (Wildman–Crippen LogP) is 11.9. The number of anilines is 3. The molecule has 0 bridgehead atoms. The van der Waals surface area contributed by atoms with E-state index in [1.165, 1.54) is 10.8 Å². The second-order valence-corrected chi connectivity index (χ2v) is 12.2. The van der Waals surface area contributed by atoms with Crippen LogP contribution in [0.4, 0.5) is 17.1 Å². The van der Waals surface area contributed by atoms with Gasteiger partial charge in [-0.25, -0.2) is 0 Å². The minimum Gasteiger partial charge on any atom is -0.536 e. The summed E-state index contributed by atoms with van der Waals surface area (Å²) in [5, 5.41) is 12.4. The van der Waals surface area contributed by atoms with Crippen molar-refractivity contribution in [1.82, 2.24) is 0 Å². The van der Waals surface area contributed by atoms with Crippen molar-refractivity contribution in [3.8, 4) is 50.3 Å². The van der Waals surface area contributed by atoms with E-state index in [2.05, 4.69) is 163 Å². The summed E-state index contributed by atoms with van der Waals surface area (Å²) in [5.41, 5.74) is 11.6. The third kappa shape index (κ3) is 6.28. The molecule has 1 radical (unpaired) electrons. The Morgan fingerprint density at radius 1 is 0.380 bits per heavy atom. The molecule has 0 atom stereocenters. The molecule has 0 aliphatic carbocycles. The summed E-state index contributed by atoms with van der Waals surface area (Å²) in [4.78, 5) is 2.19. The van der Waals surface area contributed by atoms with Crippen LogP contribution in [0, 0.1) is 0 Å². The quantitative estimate of drug-likeness (QED) is 0.159. The molecule has 0 aliphatic heterocycles. The zero-order valence-corrected chi connectivity index (χ0v) is 27.4. The fourth-order valence-corrected chi connectivity index (χ4v) is 6.66. The number of hydrogen-bond acceptors (Lipinski definition) is 3. The summed E-state index contributed by atoms with van der Waals surface area (Å²) in [5.74, 6) is 0.529. The topological polar surface area (TPSA) is 32.7 Å². The van der Waals surface area contributed by atoms with Gasteiger partial charge >= 0.3 is 7.69 Å². The molecule has 0 aromatic heterocycles. The third-order valence-electron chi connectivity index (χ3n) is 9.13. The van der Waals surface area contributed by atoms with Gasteiger partial charge in [-0.15, -0.1) is 0 Å². The molecule has 0 spiro atoms. The normalized spacial score (nSPS) is 10.9. The number of benzene rings is 8. The Balaban J connectivity index is 1.32. The molecule has 0 unspecified atom stereocenters. The molecule has 8 aromatic rings. The Labute approximate surface area is 293 Å². The molecule has 0 saturated carbocycles. The first kappa shape index (κ1) is 30.9. The SMILES string of the molecule is O[B]Oc1cc(-c2ccccc2)ccc1N(c1ccc(-c2ccccc2)cc1)c1ccc(-c2ccc3ccccc3c2)c(-c2ccccc2)c1. The minimum absolute atomic E-state index is 0.529. The molecule has 4 heteroatoms. The first-order valence-corrected chi connectivity index (χ1v) is 16.7. The number of nitrogens with zero attached hydrogens (tertiary/aromatic N) is 1. The van der Waals surface area contributed by atoms with Crippen LogP contribution in [0.15, 0.2) is 194 Å². The molecule has 0 fully saturated rings. The molecule has 1 N–H and O–H groups in total. The Morgan fingerprint density at radius 3 is 1.60 bits per heavy atom. The van der Waals surface area contributed by atoms with Crippen molar-refractivity contribution in [2.45, 2.75) is 0 Å². The Hall–Kier alpha value is -6.36. The van der Waals surface area contributed by atoms with Crippen LogP contribution >= 0.6 is 0 Å². The monoisotopic (exact) mass is 642 g/mol. The lowest BCUT2D eigenvalue weighted by atomic mass is 9.92. The summed E-state index contributed by atoms with van der Waals surface area (Å²) in [6.07, 6.45) is 0. The van der Waals surface area contributed by atoms with Crippen molar-refractivity contribution in [2.24, 2.45) is 0 Å². The molecule has 0 saturated heterocycles. The highest BCUT2D eigenvalue weighted by Crippen LogP contribution is 2.45. The molecular weight excluding hydrogens is 609 g/mol. The minimum atomic E-state index is 0.529. The number of hydrogen-bond donors (Lipinski definition) is 1. The van der Waals surface area contributed by atoms with E-state index in [0.717, 1.165) is 69.3 Å². The third-order valence-corrected chi connectivity index (χ3v) is 9.13. The molecule has 8 rings (SSSR count). The summed E-state index contributed by atoms with van der Waals surface area (Å²) in [7, 11) is 0.752. The van der Waals surface area contributed by atoms with Crippen LogP contribution in [0.3, 0.4) is 0 Å². The van der Waals surface area contributed by atoms with E-state index in [9.17, 15) is 5.02 Å². The Bertz CT molecular complexity index is 2380. The maximum atomic E-state index is 9.96. The van der Waals surface area contributed by atoms with Gasteiger partial charge in [0.25, 0.3) is 0 Å². The summed E-state index contributed by atoms with van der Waals surface area (Å²) >= 11 is 0. The van der Waals surface area contributed by atoms with E-state index < -0.39 is 0 Å². The summed E-state index contributed by atoms with van der Waals surface area (Å²) < 4.78 is 5.85. The number of rotatable bonds is 9. The van der Waals surface area contributed by atoms with Crippen LogP contribution in [0.25, 0.3) is 55.3 Å². The second kappa shape index (κ2) is 14.0. The predicted molar refractivity (Wildman–Crippen MR) is 209 cm³/mol. The van der Waals surface area contributed by atoms with E-state index in [-0.39, 0.29) is 0 Å². The average Bonchev–Trinajstić information content (AvgIpc) is 3.20. The first-order valence-electron chi connectivity index (χ1n) is 16.7. The zero-order chi connectivity index (χ0) is 33.7. The van der Waals surface area contributed by atoms with Gasteiger partial charge < -0.3 is 14.6 Å². The lowest BCUT2D eigenvalue weighted by molar-refractivity contribution is 0.454. The Morgan fingerprint density at radius 2 is 0.920 bits per heavy atom. The van der Waals surface area contributed by atoms with Gasteiger partial charge in [0, 0.05) is 11.4 Å². The van der Waals surface area contributed by atoms with E-state index in [4.69, 9.17) is 4.65 Å². The molecule has 0 heterocycles. The second-order valence-electron chi connectivity index (χ2n) is 12.2. The average molecular weight is 643 g/mol. The van der Waals surface area contributed by atoms with E-state index >= 15 is 0 Å². The smallest absolute Gasteiger partial charge is 0.536 e. The van der Waals surface area contributed by atoms with Gasteiger partial charge in [-0.3, -0.25) is 0 Å². The number of fused-ring (bicyclic) bond motifs is 1.